The summed E-state index contributed by atoms with van der Waals surface area (Å²) in [6.45, 7) is 1.87. The molecule has 0 bridgehead atoms. The highest BCUT2D eigenvalue weighted by Crippen LogP contribution is 2.32. The average molecular weight is 253 g/mol. The molecular formula is C11H11NO2S2. The van der Waals surface area contributed by atoms with E-state index in [1.807, 2.05) is 31.2 Å². The van der Waals surface area contributed by atoms with Gasteiger partial charge in [-0.05, 0) is 18.6 Å². The molecule has 0 radical (unpaired) electrons. The smallest absolute Gasteiger partial charge is 0.317 e. The molecule has 5 heteroatoms. The predicted octanol–water partition coefficient (Wildman–Crippen LogP) is 3.25. The van der Waals surface area contributed by atoms with Crippen LogP contribution in [-0.2, 0) is 4.79 Å². The fourth-order valence-electron chi connectivity index (χ4n) is 1.33. The number of aromatic nitrogens is 1. The van der Waals surface area contributed by atoms with Crippen molar-refractivity contribution in [2.45, 2.75) is 22.9 Å². The number of rotatable bonds is 4. The summed E-state index contributed by atoms with van der Waals surface area (Å²) in [5, 5.41) is 8.56. The largest absolute Gasteiger partial charge is 0.480 e. The number of thiazole rings is 1. The van der Waals surface area contributed by atoms with Crippen LogP contribution in [0.1, 0.15) is 13.3 Å². The summed E-state index contributed by atoms with van der Waals surface area (Å²) in [5.74, 6) is -0.772. The minimum absolute atomic E-state index is 0.402. The molecule has 1 atom stereocenters. The van der Waals surface area contributed by atoms with Gasteiger partial charge < -0.3 is 5.11 Å². The molecule has 0 fully saturated rings. The summed E-state index contributed by atoms with van der Waals surface area (Å²) in [5.41, 5.74) is 0.940. The first-order valence-corrected chi connectivity index (χ1v) is 6.65. The quantitative estimate of drug-likeness (QED) is 0.850. The van der Waals surface area contributed by atoms with E-state index in [-0.39, 0.29) is 0 Å². The molecule has 2 aromatic rings. The fourth-order valence-corrected chi connectivity index (χ4v) is 3.50. The van der Waals surface area contributed by atoms with Crippen molar-refractivity contribution in [3.8, 4) is 0 Å². The Labute approximate surface area is 102 Å². The number of nitrogens with zero attached hydrogens (tertiary/aromatic N) is 1. The van der Waals surface area contributed by atoms with Crippen LogP contribution in [0.2, 0.25) is 0 Å². The van der Waals surface area contributed by atoms with Crippen molar-refractivity contribution in [1.29, 1.82) is 0 Å². The molecule has 0 aliphatic carbocycles. The van der Waals surface area contributed by atoms with Crippen molar-refractivity contribution in [2.24, 2.45) is 0 Å². The first kappa shape index (κ1) is 11.4. The van der Waals surface area contributed by atoms with E-state index in [2.05, 4.69) is 4.98 Å². The van der Waals surface area contributed by atoms with Crippen LogP contribution >= 0.6 is 23.1 Å². The van der Waals surface area contributed by atoms with Crippen LogP contribution in [0.25, 0.3) is 10.2 Å². The molecule has 16 heavy (non-hydrogen) atoms. The van der Waals surface area contributed by atoms with E-state index in [0.717, 1.165) is 14.6 Å². The summed E-state index contributed by atoms with van der Waals surface area (Å²) in [6.07, 6.45) is 0.607. The minimum Gasteiger partial charge on any atom is -0.480 e. The van der Waals surface area contributed by atoms with E-state index < -0.39 is 11.2 Å². The standard InChI is InChI=1S/C11H11NO2S2/c1-2-8(10(13)14)15-11-12-7-5-3-4-6-9(7)16-11/h3-6,8H,2H2,1H3,(H,13,14)/t8-/m0/s1. The number of carbonyl (C=O) groups is 1. The van der Waals surface area contributed by atoms with Gasteiger partial charge in [0.2, 0.25) is 0 Å². The third-order valence-corrected chi connectivity index (χ3v) is 4.65. The lowest BCUT2D eigenvalue weighted by Crippen LogP contribution is -2.14. The second-order valence-corrected chi connectivity index (χ2v) is 5.78. The Morgan fingerprint density at radius 1 is 1.56 bits per heavy atom. The molecule has 2 rings (SSSR count). The van der Waals surface area contributed by atoms with Crippen LogP contribution in [0.15, 0.2) is 28.6 Å². The number of aliphatic carboxylic acids is 1. The lowest BCUT2D eigenvalue weighted by atomic mass is 10.3. The Hall–Kier alpha value is -1.07. The van der Waals surface area contributed by atoms with E-state index >= 15 is 0 Å². The molecule has 0 aliphatic heterocycles. The Kier molecular flexibility index (Phi) is 3.46. The molecular weight excluding hydrogens is 242 g/mol. The van der Waals surface area contributed by atoms with Gasteiger partial charge in [0.25, 0.3) is 0 Å². The topological polar surface area (TPSA) is 50.2 Å². The van der Waals surface area contributed by atoms with Crippen molar-refractivity contribution >= 4 is 39.3 Å². The monoisotopic (exact) mass is 253 g/mol. The van der Waals surface area contributed by atoms with E-state index in [1.54, 1.807) is 11.3 Å². The van der Waals surface area contributed by atoms with Crippen LogP contribution in [0, 0.1) is 0 Å². The predicted molar refractivity (Wildman–Crippen MR) is 67.2 cm³/mol. The Balaban J connectivity index is 2.24. The molecule has 1 heterocycles. The maximum absolute atomic E-state index is 10.9. The lowest BCUT2D eigenvalue weighted by Gasteiger charge is -2.05. The number of carboxylic acid groups (broad SMARTS) is 1. The van der Waals surface area contributed by atoms with Gasteiger partial charge in [0.05, 0.1) is 10.2 Å². The molecule has 0 amide bonds. The summed E-state index contributed by atoms with van der Waals surface area (Å²) in [6, 6.07) is 7.84. The SMILES string of the molecule is CC[C@H](Sc1nc2ccccc2s1)C(=O)O. The van der Waals surface area contributed by atoms with Crippen molar-refractivity contribution in [1.82, 2.24) is 4.98 Å². The van der Waals surface area contributed by atoms with Crippen LogP contribution in [0.5, 0.6) is 0 Å². The summed E-state index contributed by atoms with van der Waals surface area (Å²) >= 11 is 2.88. The molecule has 0 saturated carbocycles. The van der Waals surface area contributed by atoms with Gasteiger partial charge >= 0.3 is 5.97 Å². The number of thioether (sulfide) groups is 1. The van der Waals surface area contributed by atoms with Gasteiger partial charge in [-0.15, -0.1) is 11.3 Å². The molecule has 0 unspecified atom stereocenters. The first-order valence-electron chi connectivity index (χ1n) is 4.95. The molecule has 84 valence electrons. The molecule has 1 aromatic carbocycles. The zero-order chi connectivity index (χ0) is 11.5. The third kappa shape index (κ3) is 2.36. The molecule has 1 N–H and O–H groups in total. The highest BCUT2D eigenvalue weighted by molar-refractivity contribution is 8.02. The zero-order valence-electron chi connectivity index (χ0n) is 8.71. The summed E-state index contributed by atoms with van der Waals surface area (Å²) in [7, 11) is 0. The number of hydrogen-bond donors (Lipinski definition) is 1. The van der Waals surface area contributed by atoms with Crippen LogP contribution in [0.3, 0.4) is 0 Å². The summed E-state index contributed by atoms with van der Waals surface area (Å²) < 4.78 is 1.93. The van der Waals surface area contributed by atoms with Crippen molar-refractivity contribution in [3.05, 3.63) is 24.3 Å². The van der Waals surface area contributed by atoms with Crippen molar-refractivity contribution < 1.29 is 9.90 Å². The molecule has 0 aliphatic rings. The highest BCUT2D eigenvalue weighted by Gasteiger charge is 2.18. The third-order valence-electron chi connectivity index (χ3n) is 2.16. The number of benzene rings is 1. The van der Waals surface area contributed by atoms with Gasteiger partial charge in [-0.25, -0.2) is 4.98 Å². The van der Waals surface area contributed by atoms with Crippen molar-refractivity contribution in [2.75, 3.05) is 0 Å². The minimum atomic E-state index is -0.772. The van der Waals surface area contributed by atoms with Crippen molar-refractivity contribution in [3.63, 3.8) is 0 Å². The van der Waals surface area contributed by atoms with Gasteiger partial charge in [-0.3, -0.25) is 4.79 Å². The van der Waals surface area contributed by atoms with Gasteiger partial charge in [0.1, 0.15) is 5.25 Å². The molecule has 0 spiro atoms. The van der Waals surface area contributed by atoms with Crippen LogP contribution in [0.4, 0.5) is 0 Å². The summed E-state index contributed by atoms with van der Waals surface area (Å²) in [4.78, 5) is 15.3. The van der Waals surface area contributed by atoms with Gasteiger partial charge in [0, 0.05) is 0 Å². The van der Waals surface area contributed by atoms with Gasteiger partial charge in [-0.1, -0.05) is 30.8 Å². The Bertz CT molecular complexity index is 476. The van der Waals surface area contributed by atoms with E-state index in [0.29, 0.717) is 6.42 Å². The maximum atomic E-state index is 10.9. The maximum Gasteiger partial charge on any atom is 0.317 e. The van der Waals surface area contributed by atoms with Gasteiger partial charge in [0.15, 0.2) is 4.34 Å². The zero-order valence-corrected chi connectivity index (χ0v) is 10.3. The van der Waals surface area contributed by atoms with E-state index in [4.69, 9.17) is 5.11 Å². The number of fused-ring (bicyclic) bond motifs is 1. The second-order valence-electron chi connectivity index (χ2n) is 3.30. The van der Waals surface area contributed by atoms with E-state index in [9.17, 15) is 4.79 Å². The molecule has 1 aromatic heterocycles. The molecule has 3 nitrogen and oxygen atoms in total. The first-order chi connectivity index (χ1) is 7.70. The lowest BCUT2D eigenvalue weighted by molar-refractivity contribution is -0.136. The number of carboxylic acids is 1. The Morgan fingerprint density at radius 2 is 2.31 bits per heavy atom. The van der Waals surface area contributed by atoms with E-state index in [1.165, 1.54) is 11.8 Å². The Morgan fingerprint density at radius 3 is 2.94 bits per heavy atom. The van der Waals surface area contributed by atoms with Crippen LogP contribution < -0.4 is 0 Å². The number of hydrogen-bond acceptors (Lipinski definition) is 4. The van der Waals surface area contributed by atoms with Gasteiger partial charge in [-0.2, -0.15) is 0 Å². The second kappa shape index (κ2) is 4.84. The normalized spacial score (nSPS) is 12.8. The van der Waals surface area contributed by atoms with Crippen LogP contribution in [-0.4, -0.2) is 21.3 Å². The fraction of sp³-hybridized carbons (Fsp3) is 0.273. The average Bonchev–Trinajstić information content (AvgIpc) is 2.67. The molecule has 0 saturated heterocycles. The highest BCUT2D eigenvalue weighted by atomic mass is 32.2. The number of para-hydroxylation sites is 1.